The summed E-state index contributed by atoms with van der Waals surface area (Å²) in [5, 5.41) is 2.91. The third kappa shape index (κ3) is 2.03. The van der Waals surface area contributed by atoms with Gasteiger partial charge in [0, 0.05) is 11.3 Å². The molecule has 2 atom stereocenters. The van der Waals surface area contributed by atoms with Gasteiger partial charge in [0.25, 0.3) is 0 Å². The second-order valence-corrected chi connectivity index (χ2v) is 5.79. The Morgan fingerprint density at radius 3 is 3.00 bits per heavy atom. The van der Waals surface area contributed by atoms with Crippen molar-refractivity contribution in [3.8, 4) is 0 Å². The van der Waals surface area contributed by atoms with Crippen LogP contribution in [0.5, 0.6) is 0 Å². The summed E-state index contributed by atoms with van der Waals surface area (Å²) in [4.78, 5) is 0. The summed E-state index contributed by atoms with van der Waals surface area (Å²) < 4.78 is 1.44. The van der Waals surface area contributed by atoms with Crippen LogP contribution in [0.2, 0.25) is 0 Å². The fourth-order valence-electron chi connectivity index (χ4n) is 1.58. The van der Waals surface area contributed by atoms with E-state index < -0.39 is 0 Å². The van der Waals surface area contributed by atoms with Crippen LogP contribution in [0.1, 0.15) is 19.3 Å². The van der Waals surface area contributed by atoms with E-state index in [1.165, 1.54) is 23.5 Å². The van der Waals surface area contributed by atoms with Crippen LogP contribution in [0, 0.1) is 0 Å². The summed E-state index contributed by atoms with van der Waals surface area (Å²) in [7, 11) is 0. The molecule has 0 bridgehead atoms. The van der Waals surface area contributed by atoms with Crippen molar-refractivity contribution in [3.05, 3.63) is 17.5 Å². The molecule has 0 amide bonds. The molecular weight excluding hydrogens is 186 g/mol. The number of nitrogens with two attached hydrogens (primary N) is 1. The number of hydrogen-bond acceptors (Lipinski definition) is 3. The van der Waals surface area contributed by atoms with Crippen LogP contribution in [-0.4, -0.2) is 11.3 Å². The van der Waals surface area contributed by atoms with E-state index in [9.17, 15) is 0 Å². The predicted molar refractivity (Wildman–Crippen MR) is 55.8 cm³/mol. The second-order valence-electron chi connectivity index (χ2n) is 3.25. The summed E-state index contributed by atoms with van der Waals surface area (Å²) in [6.07, 6.45) is 3.70. The zero-order chi connectivity index (χ0) is 8.39. The Morgan fingerprint density at radius 1 is 1.50 bits per heavy atom. The number of thioether (sulfide) groups is 1. The molecule has 1 nitrogen and oxygen atoms in total. The van der Waals surface area contributed by atoms with E-state index in [1.54, 1.807) is 0 Å². The second kappa shape index (κ2) is 3.81. The van der Waals surface area contributed by atoms with Crippen LogP contribution >= 0.6 is 23.1 Å². The maximum atomic E-state index is 5.84. The largest absolute Gasteiger partial charge is 0.328 e. The lowest BCUT2D eigenvalue weighted by atomic mass is 10.3. The Balaban J connectivity index is 1.88. The van der Waals surface area contributed by atoms with Crippen LogP contribution in [0.4, 0.5) is 0 Å². The van der Waals surface area contributed by atoms with Crippen LogP contribution in [0.15, 0.2) is 21.7 Å². The summed E-state index contributed by atoms with van der Waals surface area (Å²) in [5.74, 6) is 0. The van der Waals surface area contributed by atoms with E-state index in [0.717, 1.165) is 5.25 Å². The van der Waals surface area contributed by atoms with E-state index in [4.69, 9.17) is 5.73 Å². The Kier molecular flexibility index (Phi) is 2.73. The van der Waals surface area contributed by atoms with E-state index in [2.05, 4.69) is 17.5 Å². The van der Waals surface area contributed by atoms with Gasteiger partial charge >= 0.3 is 0 Å². The number of thiophene rings is 1. The molecule has 66 valence electrons. The van der Waals surface area contributed by atoms with Gasteiger partial charge in [0.05, 0.1) is 4.21 Å². The van der Waals surface area contributed by atoms with Gasteiger partial charge in [0.1, 0.15) is 0 Å². The average Bonchev–Trinajstić information content (AvgIpc) is 2.63. The van der Waals surface area contributed by atoms with Gasteiger partial charge in [-0.25, -0.2) is 0 Å². The molecule has 12 heavy (non-hydrogen) atoms. The summed E-state index contributed by atoms with van der Waals surface area (Å²) in [6.45, 7) is 0. The first-order chi connectivity index (χ1) is 5.84. The Bertz CT molecular complexity index is 233. The molecule has 3 heteroatoms. The SMILES string of the molecule is NC1CCC(Sc2cccs2)C1. The highest BCUT2D eigenvalue weighted by Gasteiger charge is 2.22. The first kappa shape index (κ1) is 8.60. The molecule has 2 unspecified atom stereocenters. The molecule has 1 aliphatic carbocycles. The predicted octanol–water partition coefficient (Wildman–Crippen LogP) is 2.72. The van der Waals surface area contributed by atoms with E-state index >= 15 is 0 Å². The highest BCUT2D eigenvalue weighted by atomic mass is 32.2. The lowest BCUT2D eigenvalue weighted by molar-refractivity contribution is 0.706. The van der Waals surface area contributed by atoms with Gasteiger partial charge in [-0.05, 0) is 30.7 Å². The fraction of sp³-hybridized carbons (Fsp3) is 0.556. The molecule has 2 rings (SSSR count). The van der Waals surface area contributed by atoms with E-state index in [1.807, 2.05) is 23.1 Å². The molecule has 1 heterocycles. The van der Waals surface area contributed by atoms with E-state index in [-0.39, 0.29) is 0 Å². The average molecular weight is 199 g/mol. The van der Waals surface area contributed by atoms with Crippen molar-refractivity contribution >= 4 is 23.1 Å². The topological polar surface area (TPSA) is 26.0 Å². The zero-order valence-corrected chi connectivity index (χ0v) is 8.53. The maximum Gasteiger partial charge on any atom is 0.0601 e. The van der Waals surface area contributed by atoms with Gasteiger partial charge in [-0.15, -0.1) is 23.1 Å². The van der Waals surface area contributed by atoms with Crippen molar-refractivity contribution in [2.75, 3.05) is 0 Å². The third-order valence-corrected chi connectivity index (χ3v) is 4.57. The molecule has 0 radical (unpaired) electrons. The zero-order valence-electron chi connectivity index (χ0n) is 6.90. The minimum atomic E-state index is 0.461. The lowest BCUT2D eigenvalue weighted by Gasteiger charge is -2.05. The quantitative estimate of drug-likeness (QED) is 0.792. The Morgan fingerprint density at radius 2 is 2.42 bits per heavy atom. The van der Waals surface area contributed by atoms with Crippen LogP contribution in [0.25, 0.3) is 0 Å². The summed E-state index contributed by atoms with van der Waals surface area (Å²) in [6, 6.07) is 4.77. The van der Waals surface area contributed by atoms with Gasteiger partial charge in [-0.3, -0.25) is 0 Å². The van der Waals surface area contributed by atoms with Crippen molar-refractivity contribution in [1.29, 1.82) is 0 Å². The molecule has 1 aromatic rings. The molecule has 1 fully saturated rings. The van der Waals surface area contributed by atoms with Crippen molar-refractivity contribution in [1.82, 2.24) is 0 Å². The van der Waals surface area contributed by atoms with Crippen molar-refractivity contribution < 1.29 is 0 Å². The molecule has 0 saturated heterocycles. The minimum Gasteiger partial charge on any atom is -0.328 e. The molecule has 1 aromatic heterocycles. The number of hydrogen-bond donors (Lipinski definition) is 1. The molecule has 1 aliphatic rings. The smallest absolute Gasteiger partial charge is 0.0601 e. The molecule has 0 spiro atoms. The normalized spacial score (nSPS) is 29.4. The van der Waals surface area contributed by atoms with Crippen molar-refractivity contribution in [2.24, 2.45) is 5.73 Å². The third-order valence-electron chi connectivity index (χ3n) is 2.20. The molecule has 0 aromatic carbocycles. The first-order valence-electron chi connectivity index (χ1n) is 4.30. The van der Waals surface area contributed by atoms with Gasteiger partial charge in [0.15, 0.2) is 0 Å². The summed E-state index contributed by atoms with van der Waals surface area (Å²) in [5.41, 5.74) is 5.84. The summed E-state index contributed by atoms with van der Waals surface area (Å²) >= 11 is 3.83. The van der Waals surface area contributed by atoms with Crippen molar-refractivity contribution in [2.45, 2.75) is 34.8 Å². The fourth-order valence-corrected chi connectivity index (χ4v) is 3.90. The molecule has 0 aliphatic heterocycles. The highest BCUT2D eigenvalue weighted by molar-refractivity contribution is 8.01. The monoisotopic (exact) mass is 199 g/mol. The maximum absolute atomic E-state index is 5.84. The Labute approximate surface area is 81.4 Å². The Hall–Kier alpha value is 0.01000. The van der Waals surface area contributed by atoms with Crippen molar-refractivity contribution in [3.63, 3.8) is 0 Å². The molecular formula is C9H13NS2. The lowest BCUT2D eigenvalue weighted by Crippen LogP contribution is -2.15. The first-order valence-corrected chi connectivity index (χ1v) is 6.06. The molecule has 1 saturated carbocycles. The van der Waals surface area contributed by atoms with Crippen LogP contribution < -0.4 is 5.73 Å². The molecule has 2 N–H and O–H groups in total. The standard InChI is InChI=1S/C9H13NS2/c10-7-3-4-8(6-7)12-9-2-1-5-11-9/h1-2,5,7-8H,3-4,6,10H2. The van der Waals surface area contributed by atoms with E-state index in [0.29, 0.717) is 6.04 Å². The van der Waals surface area contributed by atoms with Crippen LogP contribution in [-0.2, 0) is 0 Å². The van der Waals surface area contributed by atoms with Gasteiger partial charge in [-0.2, -0.15) is 0 Å². The van der Waals surface area contributed by atoms with Gasteiger partial charge < -0.3 is 5.73 Å². The minimum absolute atomic E-state index is 0.461. The highest BCUT2D eigenvalue weighted by Crippen LogP contribution is 2.36. The van der Waals surface area contributed by atoms with Gasteiger partial charge in [-0.1, -0.05) is 6.07 Å². The van der Waals surface area contributed by atoms with Crippen LogP contribution in [0.3, 0.4) is 0 Å². The van der Waals surface area contributed by atoms with Gasteiger partial charge in [0.2, 0.25) is 0 Å². The number of rotatable bonds is 2.